The number of hydrogen-bond acceptors (Lipinski definition) is 2. The Hall–Kier alpha value is -2.42. The van der Waals surface area contributed by atoms with Crippen LogP contribution in [0.3, 0.4) is 0 Å². The van der Waals surface area contributed by atoms with E-state index in [1.54, 1.807) is 12.2 Å². The molecule has 0 amide bonds. The van der Waals surface area contributed by atoms with Gasteiger partial charge in [0.1, 0.15) is 23.4 Å². The summed E-state index contributed by atoms with van der Waals surface area (Å²) in [7, 11) is 0. The molecule has 2 nitrogen and oxygen atoms in total. The first-order chi connectivity index (χ1) is 5.79. The first-order valence-electron chi connectivity index (χ1n) is 2.77. The highest BCUT2D eigenvalue weighted by Crippen LogP contribution is 1.99. The predicted octanol–water partition coefficient (Wildman–Crippen LogP) is 0.216. The van der Waals surface area contributed by atoms with Gasteiger partial charge in [-0.25, -0.2) is 0 Å². The van der Waals surface area contributed by atoms with E-state index in [0.717, 1.165) is 0 Å². The van der Waals surface area contributed by atoms with Crippen LogP contribution in [0.15, 0.2) is 11.1 Å². The van der Waals surface area contributed by atoms with E-state index in [9.17, 15) is 0 Å². The number of allylic oxidation sites excluding steroid dienone is 2. The van der Waals surface area contributed by atoms with Crippen molar-refractivity contribution in [3.05, 3.63) is 11.1 Å². The molecule has 2 N–H and O–H groups in total. The van der Waals surface area contributed by atoms with Crippen molar-refractivity contribution in [2.75, 3.05) is 0 Å². The third-order valence-corrected chi connectivity index (χ3v) is 0.900. The van der Waals surface area contributed by atoms with Gasteiger partial charge in [0, 0.05) is 0 Å². The topological polar surface area (TPSA) is 40.5 Å². The number of rotatable bonds is 0. The molecule has 56 valence electrons. The second kappa shape index (κ2) is 5.37. The van der Waals surface area contributed by atoms with Gasteiger partial charge in [0.15, 0.2) is 0 Å². The quantitative estimate of drug-likeness (QED) is 0.492. The lowest BCUT2D eigenvalue weighted by atomic mass is 10.1. The van der Waals surface area contributed by atoms with Crippen molar-refractivity contribution in [2.24, 2.45) is 0 Å². The van der Waals surface area contributed by atoms with Crippen molar-refractivity contribution in [1.29, 1.82) is 0 Å². The van der Waals surface area contributed by atoms with Crippen LogP contribution in [0.5, 0.6) is 0 Å². The Morgan fingerprint density at radius 1 is 0.833 bits per heavy atom. The van der Waals surface area contributed by atoms with Gasteiger partial charge in [-0.2, -0.15) is 0 Å². The molecular formula is C10H4O2. The van der Waals surface area contributed by atoms with Crippen molar-refractivity contribution < 1.29 is 10.2 Å². The van der Waals surface area contributed by atoms with Gasteiger partial charge in [0.05, 0.1) is 0 Å². The summed E-state index contributed by atoms with van der Waals surface area (Å²) in [4.78, 5) is 0. The maximum absolute atomic E-state index is 8.21. The second-order valence-corrected chi connectivity index (χ2v) is 1.51. The van der Waals surface area contributed by atoms with Crippen molar-refractivity contribution in [3.63, 3.8) is 0 Å². The van der Waals surface area contributed by atoms with E-state index in [4.69, 9.17) is 23.1 Å². The fraction of sp³-hybridized carbons (Fsp3) is 0. The van der Waals surface area contributed by atoms with Gasteiger partial charge in [-0.05, 0) is 11.8 Å². The summed E-state index contributed by atoms with van der Waals surface area (Å²) in [5.41, 5.74) is 0.142. The number of aliphatic hydroxyl groups excluding tert-OH is 2. The number of aliphatic hydroxyl groups is 2. The minimum Gasteiger partial charge on any atom is -0.462 e. The molecule has 0 saturated heterocycles. The molecule has 0 atom stereocenters. The van der Waals surface area contributed by atoms with E-state index < -0.39 is 0 Å². The largest absolute Gasteiger partial charge is 0.462 e. The molecule has 0 bridgehead atoms. The highest BCUT2D eigenvalue weighted by molar-refractivity contribution is 5.58. The van der Waals surface area contributed by atoms with Crippen LogP contribution in [0.2, 0.25) is 0 Å². The van der Waals surface area contributed by atoms with Crippen LogP contribution in [0.4, 0.5) is 0 Å². The van der Waals surface area contributed by atoms with Crippen LogP contribution in [-0.2, 0) is 0 Å². The first kappa shape index (κ1) is 9.58. The lowest BCUT2D eigenvalue weighted by Crippen LogP contribution is -1.82. The van der Waals surface area contributed by atoms with Crippen LogP contribution in [0.25, 0.3) is 0 Å². The highest BCUT2D eigenvalue weighted by Gasteiger charge is 1.94. The number of terminal acetylenes is 2. The van der Waals surface area contributed by atoms with E-state index in [2.05, 4.69) is 23.7 Å². The molecule has 0 aromatic rings. The molecule has 0 aliphatic carbocycles. The Labute approximate surface area is 70.9 Å². The van der Waals surface area contributed by atoms with E-state index in [1.165, 1.54) is 0 Å². The van der Waals surface area contributed by atoms with Gasteiger partial charge in [0.2, 0.25) is 0 Å². The Kier molecular flexibility index (Phi) is 4.29. The van der Waals surface area contributed by atoms with Crippen LogP contribution < -0.4 is 0 Å². The van der Waals surface area contributed by atoms with Gasteiger partial charge in [-0.15, -0.1) is 12.8 Å². The lowest BCUT2D eigenvalue weighted by Gasteiger charge is -1.86. The summed E-state index contributed by atoms with van der Waals surface area (Å²) < 4.78 is 0. The van der Waals surface area contributed by atoms with Gasteiger partial charge >= 0.3 is 0 Å². The zero-order valence-electron chi connectivity index (χ0n) is 6.05. The van der Waals surface area contributed by atoms with Crippen LogP contribution in [-0.4, -0.2) is 10.2 Å². The molecule has 0 fully saturated rings. The summed E-state index contributed by atoms with van der Waals surface area (Å²) in [5.74, 6) is 8.58. The minimum atomic E-state index is 0.0709. The number of hydrogen-bond donors (Lipinski definition) is 2. The molecule has 0 spiro atoms. The van der Waals surface area contributed by atoms with E-state index >= 15 is 0 Å². The molecule has 0 heterocycles. The molecule has 0 aromatic heterocycles. The lowest BCUT2D eigenvalue weighted by molar-refractivity contribution is 0.516. The molecule has 12 heavy (non-hydrogen) atoms. The molecule has 0 aliphatic rings. The first-order valence-corrected chi connectivity index (χ1v) is 2.77. The average molecular weight is 156 g/mol. The second-order valence-electron chi connectivity index (χ2n) is 1.51. The smallest absolute Gasteiger partial charge is 0.113 e. The van der Waals surface area contributed by atoms with Crippen molar-refractivity contribution in [2.45, 2.75) is 0 Å². The van der Waals surface area contributed by atoms with Crippen LogP contribution in [0, 0.1) is 48.7 Å². The standard InChI is InChI=1S/C10H4O2/c1-3-9(5-7-11)10(4-2)6-8-12/h1-2,11-12H/b10-9+. The Morgan fingerprint density at radius 3 is 1.33 bits per heavy atom. The van der Waals surface area contributed by atoms with Crippen molar-refractivity contribution >= 4 is 0 Å². The normalized spacial score (nSPS) is 8.50. The summed E-state index contributed by atoms with van der Waals surface area (Å²) in [5, 5.41) is 16.4. The fourth-order valence-corrected chi connectivity index (χ4v) is 0.453. The van der Waals surface area contributed by atoms with Gasteiger partial charge in [0.25, 0.3) is 0 Å². The van der Waals surface area contributed by atoms with Crippen molar-refractivity contribution in [3.8, 4) is 48.7 Å². The zero-order chi connectivity index (χ0) is 9.40. The molecule has 0 aliphatic heterocycles. The summed E-state index contributed by atoms with van der Waals surface area (Å²) >= 11 is 0. The maximum atomic E-state index is 8.21. The molecule has 0 radical (unpaired) electrons. The molecule has 0 saturated carbocycles. The average Bonchev–Trinajstić information content (AvgIpc) is 2.11. The molecule has 2 heteroatoms. The fourth-order valence-electron chi connectivity index (χ4n) is 0.453. The monoisotopic (exact) mass is 156 g/mol. The highest BCUT2D eigenvalue weighted by atomic mass is 16.2. The summed E-state index contributed by atoms with van der Waals surface area (Å²) in [6.45, 7) is 0. The third-order valence-electron chi connectivity index (χ3n) is 0.900. The predicted molar refractivity (Wildman–Crippen MR) is 44.1 cm³/mol. The Morgan fingerprint density at radius 2 is 1.17 bits per heavy atom. The third kappa shape index (κ3) is 2.45. The van der Waals surface area contributed by atoms with E-state index in [-0.39, 0.29) is 11.1 Å². The molecule has 0 rings (SSSR count). The molecule has 0 aromatic carbocycles. The zero-order valence-corrected chi connectivity index (χ0v) is 6.05. The van der Waals surface area contributed by atoms with Crippen LogP contribution >= 0.6 is 0 Å². The molecular weight excluding hydrogens is 152 g/mol. The van der Waals surface area contributed by atoms with Gasteiger partial charge in [-0.1, -0.05) is 11.8 Å². The Balaban J connectivity index is 5.29. The van der Waals surface area contributed by atoms with Gasteiger partial charge < -0.3 is 10.2 Å². The Bertz CT molecular complexity index is 352. The maximum Gasteiger partial charge on any atom is 0.113 e. The van der Waals surface area contributed by atoms with Crippen LogP contribution in [0.1, 0.15) is 0 Å². The van der Waals surface area contributed by atoms with E-state index in [1.807, 2.05) is 0 Å². The van der Waals surface area contributed by atoms with Gasteiger partial charge in [-0.3, -0.25) is 0 Å². The molecule has 0 unspecified atom stereocenters. The summed E-state index contributed by atoms with van der Waals surface area (Å²) in [6, 6.07) is 0. The minimum absolute atomic E-state index is 0.0709. The summed E-state index contributed by atoms with van der Waals surface area (Å²) in [6.07, 6.45) is 13.2. The van der Waals surface area contributed by atoms with E-state index in [0.29, 0.717) is 0 Å². The SMILES string of the molecule is C#C/C(C#CO)=C(/C#C)C#CO. The van der Waals surface area contributed by atoms with Crippen molar-refractivity contribution in [1.82, 2.24) is 0 Å².